The van der Waals surface area contributed by atoms with E-state index in [1.54, 1.807) is 60.8 Å². The summed E-state index contributed by atoms with van der Waals surface area (Å²) in [6.45, 7) is 5.99. The number of carbonyl (C=O) groups is 4. The van der Waals surface area contributed by atoms with Gasteiger partial charge < -0.3 is 20.1 Å². The van der Waals surface area contributed by atoms with Crippen LogP contribution >= 0.6 is 11.8 Å². The van der Waals surface area contributed by atoms with Crippen LogP contribution < -0.4 is 10.6 Å². The minimum atomic E-state index is -0.692. The number of para-hydroxylation sites is 1. The number of rotatable bonds is 13. The van der Waals surface area contributed by atoms with Crippen LogP contribution in [0.1, 0.15) is 47.1 Å². The molecule has 4 aromatic carbocycles. The average molecular weight is 689 g/mol. The van der Waals surface area contributed by atoms with Crippen molar-refractivity contribution in [3.63, 3.8) is 0 Å². The second-order valence-corrected chi connectivity index (χ2v) is 12.1. The summed E-state index contributed by atoms with van der Waals surface area (Å²) < 4.78 is 11.8. The van der Waals surface area contributed by atoms with Crippen LogP contribution in [0, 0.1) is 0 Å². The summed E-state index contributed by atoms with van der Waals surface area (Å²) in [5.74, 6) is -1.42. The molecule has 0 fully saturated rings. The number of hydrogen-bond donors (Lipinski definition) is 2. The molecule has 2 amide bonds. The van der Waals surface area contributed by atoms with Gasteiger partial charge in [-0.25, -0.2) is 14.3 Å². The SMILES string of the molecule is CCOC(=O)c1ccc(NC(=O)C(=Cc2cn(-c3ccccc3)nc2-c2ccc(SCC)cc2)C(=O)Nc2ccc(C(=O)OCC)cc2)cc1. The number of nitrogens with zero attached hydrogens (tertiary/aromatic N) is 2. The van der Waals surface area contributed by atoms with Crippen LogP contribution in [-0.4, -0.2) is 52.5 Å². The molecule has 0 aliphatic carbocycles. The van der Waals surface area contributed by atoms with Gasteiger partial charge in [-0.15, -0.1) is 11.8 Å². The third-order valence-corrected chi connectivity index (χ3v) is 8.19. The Bertz CT molecular complexity index is 1910. The molecule has 0 bridgehead atoms. The van der Waals surface area contributed by atoms with E-state index in [0.717, 1.165) is 21.9 Å². The zero-order valence-corrected chi connectivity index (χ0v) is 28.7. The van der Waals surface area contributed by atoms with Gasteiger partial charge in [0.25, 0.3) is 11.8 Å². The van der Waals surface area contributed by atoms with E-state index in [1.807, 2.05) is 54.6 Å². The molecule has 1 aromatic heterocycles. The number of thioether (sulfide) groups is 1. The molecule has 5 rings (SSSR count). The molecule has 0 unspecified atom stereocenters. The average Bonchev–Trinajstić information content (AvgIpc) is 3.56. The van der Waals surface area contributed by atoms with E-state index >= 15 is 0 Å². The van der Waals surface area contributed by atoms with Crippen LogP contribution in [0.15, 0.2) is 120 Å². The highest BCUT2D eigenvalue weighted by Crippen LogP contribution is 2.29. The molecular formula is C39H36N4O6S. The highest BCUT2D eigenvalue weighted by molar-refractivity contribution is 7.99. The summed E-state index contributed by atoms with van der Waals surface area (Å²) in [6.07, 6.45) is 3.27. The highest BCUT2D eigenvalue weighted by Gasteiger charge is 2.22. The number of hydrogen-bond acceptors (Lipinski definition) is 8. The first kappa shape index (κ1) is 35.4. The molecule has 0 saturated carbocycles. The van der Waals surface area contributed by atoms with Crippen molar-refractivity contribution in [3.8, 4) is 16.9 Å². The Hall–Kier alpha value is -5.94. The first-order valence-corrected chi connectivity index (χ1v) is 17.0. The molecule has 254 valence electrons. The number of esters is 2. The third-order valence-electron chi connectivity index (χ3n) is 7.30. The molecule has 11 heteroatoms. The fourth-order valence-corrected chi connectivity index (χ4v) is 5.56. The van der Waals surface area contributed by atoms with Gasteiger partial charge in [0.1, 0.15) is 5.57 Å². The summed E-state index contributed by atoms with van der Waals surface area (Å²) in [4.78, 5) is 53.2. The second kappa shape index (κ2) is 16.9. The van der Waals surface area contributed by atoms with Crippen molar-refractivity contribution in [2.45, 2.75) is 25.7 Å². The van der Waals surface area contributed by atoms with Gasteiger partial charge in [0.05, 0.1) is 35.7 Å². The first-order valence-electron chi connectivity index (χ1n) is 16.1. The normalized spacial score (nSPS) is 10.5. The van der Waals surface area contributed by atoms with Crippen LogP contribution in [0.2, 0.25) is 0 Å². The molecule has 1 heterocycles. The lowest BCUT2D eigenvalue weighted by Crippen LogP contribution is -2.25. The molecule has 10 nitrogen and oxygen atoms in total. The molecule has 0 atom stereocenters. The maximum atomic E-state index is 13.9. The minimum absolute atomic E-state index is 0.207. The van der Waals surface area contributed by atoms with Gasteiger partial charge in [0, 0.05) is 33.6 Å². The Morgan fingerprint density at radius 1 is 0.700 bits per heavy atom. The second-order valence-electron chi connectivity index (χ2n) is 10.7. The van der Waals surface area contributed by atoms with Crippen molar-refractivity contribution in [3.05, 3.63) is 132 Å². The molecule has 0 spiro atoms. The monoisotopic (exact) mass is 688 g/mol. The number of aromatic nitrogens is 2. The van der Waals surface area contributed by atoms with E-state index < -0.39 is 23.8 Å². The summed E-state index contributed by atoms with van der Waals surface area (Å²) in [5, 5.41) is 10.4. The van der Waals surface area contributed by atoms with Crippen molar-refractivity contribution in [1.82, 2.24) is 9.78 Å². The fraction of sp³-hybridized carbons (Fsp3) is 0.154. The van der Waals surface area contributed by atoms with Crippen molar-refractivity contribution in [1.29, 1.82) is 0 Å². The minimum Gasteiger partial charge on any atom is -0.462 e. The van der Waals surface area contributed by atoms with Crippen molar-refractivity contribution in [2.24, 2.45) is 0 Å². The van der Waals surface area contributed by atoms with Crippen LogP contribution in [0.4, 0.5) is 11.4 Å². The Labute approximate surface area is 294 Å². The quantitative estimate of drug-likeness (QED) is 0.0424. The lowest BCUT2D eigenvalue weighted by molar-refractivity contribution is -0.118. The zero-order chi connectivity index (χ0) is 35.5. The summed E-state index contributed by atoms with van der Waals surface area (Å²) in [5.41, 5.74) is 3.87. The molecule has 0 aliphatic heterocycles. The Balaban J connectivity index is 1.54. The van der Waals surface area contributed by atoms with E-state index in [-0.39, 0.29) is 18.8 Å². The van der Waals surface area contributed by atoms with Gasteiger partial charge in [-0.3, -0.25) is 9.59 Å². The van der Waals surface area contributed by atoms with Crippen LogP contribution in [0.25, 0.3) is 23.0 Å². The lowest BCUT2D eigenvalue weighted by atomic mass is 10.0. The van der Waals surface area contributed by atoms with Gasteiger partial charge in [-0.05, 0) is 98.5 Å². The van der Waals surface area contributed by atoms with E-state index in [1.165, 1.54) is 30.3 Å². The Morgan fingerprint density at radius 3 is 1.70 bits per heavy atom. The number of anilines is 2. The molecule has 0 saturated heterocycles. The molecular weight excluding hydrogens is 653 g/mol. The number of carbonyl (C=O) groups excluding carboxylic acids is 4. The number of ether oxygens (including phenoxy) is 2. The Morgan fingerprint density at radius 2 is 1.22 bits per heavy atom. The van der Waals surface area contributed by atoms with Crippen LogP contribution in [0.5, 0.6) is 0 Å². The predicted molar refractivity (Wildman–Crippen MR) is 195 cm³/mol. The molecule has 50 heavy (non-hydrogen) atoms. The van der Waals surface area contributed by atoms with Crippen LogP contribution in [0.3, 0.4) is 0 Å². The topological polar surface area (TPSA) is 129 Å². The van der Waals surface area contributed by atoms with Crippen LogP contribution in [-0.2, 0) is 19.1 Å². The van der Waals surface area contributed by atoms with Gasteiger partial charge in [0.15, 0.2) is 0 Å². The van der Waals surface area contributed by atoms with E-state index in [0.29, 0.717) is 33.8 Å². The summed E-state index contributed by atoms with van der Waals surface area (Å²) in [6, 6.07) is 29.8. The Kier molecular flexibility index (Phi) is 12.0. The number of amides is 2. The smallest absolute Gasteiger partial charge is 0.338 e. The summed E-state index contributed by atoms with van der Waals surface area (Å²) >= 11 is 1.72. The maximum Gasteiger partial charge on any atom is 0.338 e. The molecule has 0 aliphatic rings. The van der Waals surface area contributed by atoms with Gasteiger partial charge in [-0.1, -0.05) is 37.3 Å². The van der Waals surface area contributed by atoms with Gasteiger partial charge >= 0.3 is 11.9 Å². The zero-order valence-electron chi connectivity index (χ0n) is 27.8. The van der Waals surface area contributed by atoms with Crippen molar-refractivity contribution < 1.29 is 28.7 Å². The number of nitrogens with one attached hydrogen (secondary N) is 2. The van der Waals surface area contributed by atoms with E-state index in [4.69, 9.17) is 14.6 Å². The summed E-state index contributed by atoms with van der Waals surface area (Å²) in [7, 11) is 0. The maximum absolute atomic E-state index is 13.9. The van der Waals surface area contributed by atoms with Gasteiger partial charge in [0.2, 0.25) is 0 Å². The predicted octanol–water partition coefficient (Wildman–Crippen LogP) is 7.67. The highest BCUT2D eigenvalue weighted by atomic mass is 32.2. The fourth-order valence-electron chi connectivity index (χ4n) is 4.90. The standard InChI is InChI=1S/C39H36N4O6S/c1-4-48-38(46)27-12-18-30(19-13-27)40-36(44)34(37(45)41-31-20-14-28(15-21-31)39(47)49-5-2)24-29-25-43(32-10-8-7-9-11-32)42-35(29)26-16-22-33(23-17-26)50-6-3/h7-25H,4-6H2,1-3H3,(H,40,44)(H,41,45). The lowest BCUT2D eigenvalue weighted by Gasteiger charge is -2.11. The van der Waals surface area contributed by atoms with Gasteiger partial charge in [-0.2, -0.15) is 5.10 Å². The molecule has 0 radical (unpaired) electrons. The third kappa shape index (κ3) is 8.94. The van der Waals surface area contributed by atoms with Crippen molar-refractivity contribution >= 4 is 53.0 Å². The number of benzene rings is 4. The van der Waals surface area contributed by atoms with E-state index in [9.17, 15) is 19.2 Å². The molecule has 5 aromatic rings. The first-order chi connectivity index (χ1) is 24.3. The molecule has 2 N–H and O–H groups in total. The van der Waals surface area contributed by atoms with Crippen molar-refractivity contribution in [2.75, 3.05) is 29.6 Å². The van der Waals surface area contributed by atoms with E-state index in [2.05, 4.69) is 17.6 Å². The largest absolute Gasteiger partial charge is 0.462 e.